The molecule has 5 heteroatoms. The summed E-state index contributed by atoms with van der Waals surface area (Å²) in [5, 5.41) is 3.33. The molecule has 96 valence electrons. The number of aromatic nitrogens is 1. The SMILES string of the molecule is O=C1CN(Cc2ccnc(Cl)c2)c2ccccc2N1. The fraction of sp³-hybridized carbons (Fsp3) is 0.143. The van der Waals surface area contributed by atoms with Gasteiger partial charge in [0.05, 0.1) is 17.9 Å². The van der Waals surface area contributed by atoms with Gasteiger partial charge in [0.2, 0.25) is 5.91 Å². The Morgan fingerprint density at radius 3 is 3.00 bits per heavy atom. The van der Waals surface area contributed by atoms with Crippen molar-refractivity contribution in [2.75, 3.05) is 16.8 Å². The van der Waals surface area contributed by atoms with Gasteiger partial charge in [-0.25, -0.2) is 4.98 Å². The number of hydrogen-bond donors (Lipinski definition) is 1. The molecule has 2 aromatic rings. The second kappa shape index (κ2) is 4.90. The van der Waals surface area contributed by atoms with Gasteiger partial charge in [-0.2, -0.15) is 0 Å². The molecule has 1 N–H and O–H groups in total. The Kier molecular flexibility index (Phi) is 3.09. The quantitative estimate of drug-likeness (QED) is 0.856. The van der Waals surface area contributed by atoms with E-state index in [0.29, 0.717) is 18.2 Å². The molecule has 0 radical (unpaired) electrons. The highest BCUT2D eigenvalue weighted by atomic mass is 35.5. The van der Waals surface area contributed by atoms with E-state index < -0.39 is 0 Å². The number of rotatable bonds is 2. The van der Waals surface area contributed by atoms with Gasteiger partial charge in [0.15, 0.2) is 0 Å². The second-order valence-electron chi connectivity index (χ2n) is 4.41. The van der Waals surface area contributed by atoms with E-state index in [1.165, 1.54) is 0 Å². The highest BCUT2D eigenvalue weighted by molar-refractivity contribution is 6.29. The monoisotopic (exact) mass is 273 g/mol. The van der Waals surface area contributed by atoms with Crippen molar-refractivity contribution in [3.8, 4) is 0 Å². The molecule has 3 rings (SSSR count). The van der Waals surface area contributed by atoms with Gasteiger partial charge in [-0.05, 0) is 29.8 Å². The number of carbonyl (C=O) groups excluding carboxylic acids is 1. The van der Waals surface area contributed by atoms with Gasteiger partial charge in [0.1, 0.15) is 5.15 Å². The van der Waals surface area contributed by atoms with Crippen LogP contribution in [0, 0.1) is 0 Å². The minimum Gasteiger partial charge on any atom is -0.356 e. The van der Waals surface area contributed by atoms with E-state index in [0.717, 1.165) is 16.9 Å². The van der Waals surface area contributed by atoms with Gasteiger partial charge in [0, 0.05) is 12.7 Å². The molecule has 0 fully saturated rings. The van der Waals surface area contributed by atoms with Gasteiger partial charge in [0.25, 0.3) is 0 Å². The zero-order valence-corrected chi connectivity index (χ0v) is 10.9. The van der Waals surface area contributed by atoms with Crippen LogP contribution in [-0.4, -0.2) is 17.4 Å². The van der Waals surface area contributed by atoms with Crippen LogP contribution in [0.25, 0.3) is 0 Å². The van der Waals surface area contributed by atoms with Crippen molar-refractivity contribution >= 4 is 28.9 Å². The third-order valence-corrected chi connectivity index (χ3v) is 3.22. The number of carbonyl (C=O) groups is 1. The number of benzene rings is 1. The molecule has 0 unspecified atom stereocenters. The van der Waals surface area contributed by atoms with Crippen LogP contribution in [0.5, 0.6) is 0 Å². The predicted octanol–water partition coefficient (Wildman–Crippen LogP) is 2.69. The summed E-state index contributed by atoms with van der Waals surface area (Å²) in [6.07, 6.45) is 1.67. The zero-order valence-electron chi connectivity index (χ0n) is 10.1. The molecule has 1 aromatic heterocycles. The number of fused-ring (bicyclic) bond motifs is 1. The van der Waals surface area contributed by atoms with E-state index in [4.69, 9.17) is 11.6 Å². The Balaban J connectivity index is 1.91. The van der Waals surface area contributed by atoms with E-state index >= 15 is 0 Å². The fourth-order valence-corrected chi connectivity index (χ4v) is 2.40. The lowest BCUT2D eigenvalue weighted by molar-refractivity contribution is -0.115. The molecule has 1 amide bonds. The molecular weight excluding hydrogens is 262 g/mol. The Labute approximate surface area is 116 Å². The van der Waals surface area contributed by atoms with Crippen molar-refractivity contribution in [2.24, 2.45) is 0 Å². The molecule has 19 heavy (non-hydrogen) atoms. The molecule has 0 saturated heterocycles. The number of nitrogens with zero attached hydrogens (tertiary/aromatic N) is 2. The lowest BCUT2D eigenvalue weighted by Crippen LogP contribution is -2.37. The second-order valence-corrected chi connectivity index (χ2v) is 4.80. The molecule has 1 aliphatic rings. The van der Waals surface area contributed by atoms with Gasteiger partial charge in [-0.1, -0.05) is 23.7 Å². The zero-order chi connectivity index (χ0) is 13.2. The van der Waals surface area contributed by atoms with Gasteiger partial charge in [-0.3, -0.25) is 4.79 Å². The third kappa shape index (κ3) is 2.53. The van der Waals surface area contributed by atoms with E-state index in [1.54, 1.807) is 6.20 Å². The van der Waals surface area contributed by atoms with Crippen molar-refractivity contribution in [1.82, 2.24) is 4.98 Å². The van der Waals surface area contributed by atoms with E-state index in [9.17, 15) is 4.79 Å². The maximum Gasteiger partial charge on any atom is 0.243 e. The topological polar surface area (TPSA) is 45.2 Å². The normalized spacial score (nSPS) is 13.9. The lowest BCUT2D eigenvalue weighted by atomic mass is 10.1. The number of anilines is 2. The summed E-state index contributed by atoms with van der Waals surface area (Å²) in [5.41, 5.74) is 2.90. The van der Waals surface area contributed by atoms with Crippen molar-refractivity contribution in [2.45, 2.75) is 6.54 Å². The molecule has 4 nitrogen and oxygen atoms in total. The summed E-state index contributed by atoms with van der Waals surface area (Å²) >= 11 is 5.88. The van der Waals surface area contributed by atoms with Crippen LogP contribution >= 0.6 is 11.6 Å². The van der Waals surface area contributed by atoms with Crippen LogP contribution in [0.15, 0.2) is 42.6 Å². The summed E-state index contributed by atoms with van der Waals surface area (Å²) in [4.78, 5) is 17.7. The Morgan fingerprint density at radius 1 is 1.32 bits per heavy atom. The van der Waals surface area contributed by atoms with Crippen LogP contribution < -0.4 is 10.2 Å². The summed E-state index contributed by atoms with van der Waals surface area (Å²) in [5.74, 6) is -0.00106. The minimum absolute atomic E-state index is 0.00106. The standard InChI is InChI=1S/C14H12ClN3O/c15-13-7-10(5-6-16-13)8-18-9-14(19)17-11-3-1-2-4-12(11)18/h1-7H,8-9H2,(H,17,19). The average molecular weight is 274 g/mol. The molecular formula is C14H12ClN3O. The molecule has 0 saturated carbocycles. The third-order valence-electron chi connectivity index (χ3n) is 3.02. The smallest absolute Gasteiger partial charge is 0.243 e. The van der Waals surface area contributed by atoms with Crippen LogP contribution in [-0.2, 0) is 11.3 Å². The van der Waals surface area contributed by atoms with Gasteiger partial charge < -0.3 is 10.2 Å². The predicted molar refractivity (Wildman–Crippen MR) is 75.4 cm³/mol. The molecule has 0 bridgehead atoms. The average Bonchev–Trinajstić information content (AvgIpc) is 2.38. The Hall–Kier alpha value is -2.07. The largest absolute Gasteiger partial charge is 0.356 e. The van der Waals surface area contributed by atoms with E-state index in [2.05, 4.69) is 10.3 Å². The summed E-state index contributed by atoms with van der Waals surface area (Å²) < 4.78 is 0. The molecule has 0 spiro atoms. The molecule has 1 aromatic carbocycles. The minimum atomic E-state index is -0.00106. The summed E-state index contributed by atoms with van der Waals surface area (Å²) in [6, 6.07) is 11.5. The van der Waals surface area contributed by atoms with Crippen molar-refractivity contribution in [3.05, 3.63) is 53.3 Å². The summed E-state index contributed by atoms with van der Waals surface area (Å²) in [7, 11) is 0. The van der Waals surface area contributed by atoms with Crippen molar-refractivity contribution in [3.63, 3.8) is 0 Å². The molecule has 1 aliphatic heterocycles. The van der Waals surface area contributed by atoms with E-state index in [1.807, 2.05) is 41.3 Å². The lowest BCUT2D eigenvalue weighted by Gasteiger charge is -2.30. The number of hydrogen-bond acceptors (Lipinski definition) is 3. The number of halogens is 1. The number of para-hydroxylation sites is 2. The first-order chi connectivity index (χ1) is 9.22. The first kappa shape index (κ1) is 12.0. The van der Waals surface area contributed by atoms with Crippen LogP contribution in [0.4, 0.5) is 11.4 Å². The van der Waals surface area contributed by atoms with Gasteiger partial charge in [-0.15, -0.1) is 0 Å². The molecule has 2 heterocycles. The first-order valence-electron chi connectivity index (χ1n) is 5.96. The Morgan fingerprint density at radius 2 is 2.16 bits per heavy atom. The molecule has 0 atom stereocenters. The highest BCUT2D eigenvalue weighted by Crippen LogP contribution is 2.30. The van der Waals surface area contributed by atoms with Crippen LogP contribution in [0.3, 0.4) is 0 Å². The van der Waals surface area contributed by atoms with Crippen molar-refractivity contribution < 1.29 is 4.79 Å². The van der Waals surface area contributed by atoms with E-state index in [-0.39, 0.29) is 5.91 Å². The molecule has 0 aliphatic carbocycles. The van der Waals surface area contributed by atoms with Crippen molar-refractivity contribution in [1.29, 1.82) is 0 Å². The highest BCUT2D eigenvalue weighted by Gasteiger charge is 2.21. The number of amides is 1. The first-order valence-corrected chi connectivity index (χ1v) is 6.34. The Bertz CT molecular complexity index is 630. The maximum atomic E-state index is 11.7. The van der Waals surface area contributed by atoms with Crippen LogP contribution in [0.1, 0.15) is 5.56 Å². The van der Waals surface area contributed by atoms with Crippen LogP contribution in [0.2, 0.25) is 5.15 Å². The number of pyridine rings is 1. The fourth-order valence-electron chi connectivity index (χ4n) is 2.21. The summed E-state index contributed by atoms with van der Waals surface area (Å²) in [6.45, 7) is 0.976. The number of nitrogens with one attached hydrogen (secondary N) is 1. The maximum absolute atomic E-state index is 11.7. The van der Waals surface area contributed by atoms with Gasteiger partial charge >= 0.3 is 0 Å².